The highest BCUT2D eigenvalue weighted by Gasteiger charge is 2.20. The maximum atomic E-state index is 13.4. The van der Waals surface area contributed by atoms with Crippen molar-refractivity contribution in [1.82, 2.24) is 9.97 Å². The molecule has 172 valence electrons. The highest BCUT2D eigenvalue weighted by molar-refractivity contribution is 6.31. The van der Waals surface area contributed by atoms with E-state index in [1.165, 1.54) is 50.7 Å². The number of ether oxygens (including phenoxy) is 3. The van der Waals surface area contributed by atoms with Gasteiger partial charge in [0.1, 0.15) is 23.5 Å². The summed E-state index contributed by atoms with van der Waals surface area (Å²) >= 11 is 5.82. The maximum Gasteiger partial charge on any atom is 0.347 e. The summed E-state index contributed by atoms with van der Waals surface area (Å²) in [7, 11) is 1.44. The second kappa shape index (κ2) is 9.72. The van der Waals surface area contributed by atoms with Crippen molar-refractivity contribution in [3.63, 3.8) is 0 Å². The van der Waals surface area contributed by atoms with Gasteiger partial charge < -0.3 is 19.5 Å². The number of nitrogens with zero attached hydrogens (tertiary/aromatic N) is 2. The molecule has 1 aromatic heterocycles. The molecule has 0 unspecified atom stereocenters. The third kappa shape index (κ3) is 5.05. The van der Waals surface area contributed by atoms with Crippen LogP contribution < -0.4 is 19.5 Å². The fourth-order valence-electron chi connectivity index (χ4n) is 3.13. The quantitative estimate of drug-likeness (QED) is 0.292. The zero-order chi connectivity index (χ0) is 24.2. The topological polar surface area (TPSA) is 99.6 Å². The largest absolute Gasteiger partial charge is 0.493 e. The van der Waals surface area contributed by atoms with Gasteiger partial charge in [-0.1, -0.05) is 11.6 Å². The molecule has 0 bridgehead atoms. The molecule has 4 aromatic rings. The number of esters is 2. The molecule has 0 aliphatic heterocycles. The molecule has 1 heterocycles. The molecule has 0 fully saturated rings. The van der Waals surface area contributed by atoms with Gasteiger partial charge >= 0.3 is 11.9 Å². The summed E-state index contributed by atoms with van der Waals surface area (Å²) in [4.78, 5) is 32.8. The fourth-order valence-corrected chi connectivity index (χ4v) is 3.31. The van der Waals surface area contributed by atoms with Gasteiger partial charge in [0.2, 0.25) is 0 Å². The van der Waals surface area contributed by atoms with Crippen molar-refractivity contribution < 1.29 is 28.2 Å². The molecule has 0 saturated heterocycles. The van der Waals surface area contributed by atoms with Crippen molar-refractivity contribution in [2.45, 2.75) is 6.92 Å². The third-order valence-electron chi connectivity index (χ3n) is 4.66. The average Bonchev–Trinajstić information content (AvgIpc) is 2.80. The Morgan fingerprint density at radius 2 is 1.74 bits per heavy atom. The molecule has 8 nitrogen and oxygen atoms in total. The molecular formula is C24H17ClFN3O5. The fraction of sp³-hybridized carbons (Fsp3) is 0.0833. The van der Waals surface area contributed by atoms with Gasteiger partial charge in [-0.3, -0.25) is 4.79 Å². The number of halogens is 2. The van der Waals surface area contributed by atoms with Crippen LogP contribution in [-0.2, 0) is 4.79 Å². The van der Waals surface area contributed by atoms with E-state index in [0.29, 0.717) is 28.0 Å². The molecule has 0 spiro atoms. The summed E-state index contributed by atoms with van der Waals surface area (Å²) in [5.41, 5.74) is 1.59. The van der Waals surface area contributed by atoms with Crippen LogP contribution in [0.1, 0.15) is 17.3 Å². The molecular weight excluding hydrogens is 465 g/mol. The van der Waals surface area contributed by atoms with Crippen LogP contribution in [0.3, 0.4) is 0 Å². The van der Waals surface area contributed by atoms with Gasteiger partial charge in [-0.25, -0.2) is 19.2 Å². The lowest BCUT2D eigenvalue weighted by molar-refractivity contribution is -0.131. The Morgan fingerprint density at radius 1 is 0.971 bits per heavy atom. The summed E-state index contributed by atoms with van der Waals surface area (Å²) in [6, 6.07) is 11.8. The third-order valence-corrected chi connectivity index (χ3v) is 4.95. The number of hydrogen-bond acceptors (Lipinski definition) is 8. The van der Waals surface area contributed by atoms with Crippen LogP contribution in [0, 0.1) is 5.82 Å². The van der Waals surface area contributed by atoms with Gasteiger partial charge in [0.15, 0.2) is 11.5 Å². The Morgan fingerprint density at radius 3 is 2.47 bits per heavy atom. The van der Waals surface area contributed by atoms with Crippen molar-refractivity contribution in [3.8, 4) is 17.2 Å². The zero-order valence-electron chi connectivity index (χ0n) is 18.0. The second-order valence-electron chi connectivity index (χ2n) is 7.03. The summed E-state index contributed by atoms with van der Waals surface area (Å²) in [5, 5.41) is 3.60. The van der Waals surface area contributed by atoms with E-state index in [-0.39, 0.29) is 22.1 Å². The lowest BCUT2D eigenvalue weighted by atomic mass is 10.1. The Labute approximate surface area is 198 Å². The minimum Gasteiger partial charge on any atom is -0.493 e. The van der Waals surface area contributed by atoms with Crippen LogP contribution in [0.2, 0.25) is 5.02 Å². The number of carbonyl (C=O) groups excluding carboxylic acids is 2. The average molecular weight is 482 g/mol. The highest BCUT2D eigenvalue weighted by atomic mass is 35.5. The number of rotatable bonds is 6. The predicted molar refractivity (Wildman–Crippen MR) is 123 cm³/mol. The smallest absolute Gasteiger partial charge is 0.347 e. The summed E-state index contributed by atoms with van der Waals surface area (Å²) in [5.74, 6) is -1.55. The van der Waals surface area contributed by atoms with Gasteiger partial charge in [-0.2, -0.15) is 0 Å². The number of methoxy groups -OCH3 is 1. The minimum atomic E-state index is -0.776. The van der Waals surface area contributed by atoms with Crippen LogP contribution in [0.25, 0.3) is 10.9 Å². The molecule has 0 radical (unpaired) electrons. The number of benzene rings is 3. The number of fused-ring (bicyclic) bond motifs is 1. The molecule has 0 aliphatic carbocycles. The molecule has 1 N–H and O–H groups in total. The van der Waals surface area contributed by atoms with E-state index in [1.807, 2.05) is 0 Å². The standard InChI is InChI=1S/C24H17ClFN3O5/c1-13(30)33-21-9-16(29-15-4-6-19(26)18(25)8-15)3-5-17(21)24(31)34-23-7-14-11-27-12-28-20(14)10-22(23)32-2/h3-12,29H,1-2H3. The number of nitrogens with one attached hydrogen (secondary N) is 1. The molecule has 10 heteroatoms. The van der Waals surface area contributed by atoms with E-state index in [2.05, 4.69) is 15.3 Å². The Bertz CT molecular complexity index is 1410. The second-order valence-corrected chi connectivity index (χ2v) is 7.44. The number of anilines is 2. The van der Waals surface area contributed by atoms with Gasteiger partial charge in [0.25, 0.3) is 0 Å². The first-order chi connectivity index (χ1) is 16.3. The Kier molecular flexibility index (Phi) is 6.55. The predicted octanol–water partition coefficient (Wildman–Crippen LogP) is 5.32. The van der Waals surface area contributed by atoms with E-state index < -0.39 is 17.8 Å². The number of aromatic nitrogens is 2. The van der Waals surface area contributed by atoms with Gasteiger partial charge in [-0.05, 0) is 36.4 Å². The molecule has 4 rings (SSSR count). The summed E-state index contributed by atoms with van der Waals surface area (Å²) in [6.07, 6.45) is 2.97. The summed E-state index contributed by atoms with van der Waals surface area (Å²) in [6.45, 7) is 1.21. The van der Waals surface area contributed by atoms with Gasteiger partial charge in [-0.15, -0.1) is 0 Å². The molecule has 3 aromatic carbocycles. The van der Waals surface area contributed by atoms with Crippen LogP contribution in [0.15, 0.2) is 61.1 Å². The van der Waals surface area contributed by atoms with Crippen molar-refractivity contribution in [1.29, 1.82) is 0 Å². The maximum absolute atomic E-state index is 13.4. The van der Waals surface area contributed by atoms with E-state index >= 15 is 0 Å². The lowest BCUT2D eigenvalue weighted by Gasteiger charge is -2.14. The van der Waals surface area contributed by atoms with E-state index in [4.69, 9.17) is 25.8 Å². The molecule has 0 amide bonds. The van der Waals surface area contributed by atoms with Crippen molar-refractivity contribution in [3.05, 3.63) is 77.5 Å². The molecule has 0 atom stereocenters. The Hall–Kier alpha value is -4.24. The molecule has 0 saturated carbocycles. The molecule has 34 heavy (non-hydrogen) atoms. The highest BCUT2D eigenvalue weighted by Crippen LogP contribution is 2.33. The minimum absolute atomic E-state index is 0.00403. The van der Waals surface area contributed by atoms with Crippen molar-refractivity contribution >= 4 is 45.8 Å². The Balaban J connectivity index is 1.65. The van der Waals surface area contributed by atoms with Crippen molar-refractivity contribution in [2.24, 2.45) is 0 Å². The van der Waals surface area contributed by atoms with Crippen LogP contribution in [0.5, 0.6) is 17.2 Å². The number of carbonyl (C=O) groups is 2. The van der Waals surface area contributed by atoms with Crippen LogP contribution in [-0.4, -0.2) is 29.0 Å². The number of hydrogen-bond donors (Lipinski definition) is 1. The van der Waals surface area contributed by atoms with E-state index in [9.17, 15) is 14.0 Å². The first-order valence-corrected chi connectivity index (χ1v) is 10.3. The van der Waals surface area contributed by atoms with E-state index in [1.54, 1.807) is 24.4 Å². The first-order valence-electron chi connectivity index (χ1n) is 9.88. The monoisotopic (exact) mass is 481 g/mol. The SMILES string of the molecule is COc1cc2ncncc2cc1OC(=O)c1ccc(Nc2ccc(F)c(Cl)c2)cc1OC(C)=O. The van der Waals surface area contributed by atoms with Crippen LogP contribution >= 0.6 is 11.6 Å². The molecule has 0 aliphatic rings. The normalized spacial score (nSPS) is 10.6. The summed E-state index contributed by atoms with van der Waals surface area (Å²) < 4.78 is 29.5. The van der Waals surface area contributed by atoms with Gasteiger partial charge in [0, 0.05) is 42.0 Å². The lowest BCUT2D eigenvalue weighted by Crippen LogP contribution is -2.13. The first kappa shape index (κ1) is 22.9. The van der Waals surface area contributed by atoms with Gasteiger partial charge in [0.05, 0.1) is 17.6 Å². The van der Waals surface area contributed by atoms with Crippen molar-refractivity contribution in [2.75, 3.05) is 12.4 Å². The van der Waals surface area contributed by atoms with E-state index in [0.717, 1.165) is 0 Å². The van der Waals surface area contributed by atoms with Crippen LogP contribution in [0.4, 0.5) is 15.8 Å². The zero-order valence-corrected chi connectivity index (χ0v) is 18.7.